The number of nitrogens with zero attached hydrogens (tertiary/aromatic N) is 2. The van der Waals surface area contributed by atoms with E-state index in [9.17, 15) is 24.5 Å². The molecule has 0 unspecified atom stereocenters. The second-order valence-electron chi connectivity index (χ2n) is 6.75. The van der Waals surface area contributed by atoms with Crippen molar-refractivity contribution in [2.24, 2.45) is 0 Å². The molecule has 0 atom stereocenters. The Morgan fingerprint density at radius 2 is 1.60 bits per heavy atom. The number of amides is 3. The first kappa shape index (κ1) is 19.0. The Bertz CT molecular complexity index is 1220. The predicted octanol–water partition coefficient (Wildman–Crippen LogP) is 3.96. The van der Waals surface area contributed by atoms with E-state index >= 15 is 0 Å². The van der Waals surface area contributed by atoms with Gasteiger partial charge in [0.05, 0.1) is 21.7 Å². The number of non-ortho nitro benzene ring substituents is 1. The van der Waals surface area contributed by atoms with Crippen molar-refractivity contribution < 1.29 is 19.3 Å². The van der Waals surface area contributed by atoms with Gasteiger partial charge in [-0.2, -0.15) is 0 Å². The summed E-state index contributed by atoms with van der Waals surface area (Å²) in [6.45, 7) is 1.81. The van der Waals surface area contributed by atoms with Crippen LogP contribution in [-0.4, -0.2) is 22.6 Å². The number of fused-ring (bicyclic) bond motifs is 1. The van der Waals surface area contributed by atoms with E-state index in [1.165, 1.54) is 42.5 Å². The molecular weight excluding hydrogens is 386 g/mol. The highest BCUT2D eigenvalue weighted by molar-refractivity contribution is 6.35. The fraction of sp³-hybridized carbons (Fsp3) is 0.0455. The highest BCUT2D eigenvalue weighted by Crippen LogP contribution is 2.31. The van der Waals surface area contributed by atoms with Gasteiger partial charge in [0, 0.05) is 23.4 Å². The molecule has 3 amide bonds. The number of carbonyl (C=O) groups excluding carboxylic acids is 3. The number of hydrogen-bond acceptors (Lipinski definition) is 5. The van der Waals surface area contributed by atoms with Crippen molar-refractivity contribution in [1.29, 1.82) is 0 Å². The van der Waals surface area contributed by atoms with Gasteiger partial charge < -0.3 is 5.32 Å². The summed E-state index contributed by atoms with van der Waals surface area (Å²) in [7, 11) is 0. The van der Waals surface area contributed by atoms with E-state index in [0.717, 1.165) is 10.5 Å². The van der Waals surface area contributed by atoms with E-state index in [4.69, 9.17) is 0 Å². The molecule has 4 rings (SSSR count). The van der Waals surface area contributed by atoms with Gasteiger partial charge in [-0.25, -0.2) is 4.90 Å². The number of nitro groups is 1. The van der Waals surface area contributed by atoms with E-state index in [-0.39, 0.29) is 22.4 Å². The number of hydrogen-bond donors (Lipinski definition) is 1. The van der Waals surface area contributed by atoms with Gasteiger partial charge in [-0.3, -0.25) is 24.5 Å². The van der Waals surface area contributed by atoms with Crippen molar-refractivity contribution in [3.63, 3.8) is 0 Å². The lowest BCUT2D eigenvalue weighted by molar-refractivity contribution is -0.384. The van der Waals surface area contributed by atoms with Gasteiger partial charge in [0.15, 0.2) is 0 Å². The maximum atomic E-state index is 12.9. The summed E-state index contributed by atoms with van der Waals surface area (Å²) in [6.07, 6.45) is 0. The molecule has 30 heavy (non-hydrogen) atoms. The summed E-state index contributed by atoms with van der Waals surface area (Å²) in [4.78, 5) is 49.5. The molecule has 0 saturated carbocycles. The summed E-state index contributed by atoms with van der Waals surface area (Å²) in [5, 5.41) is 13.3. The van der Waals surface area contributed by atoms with Gasteiger partial charge in [0.25, 0.3) is 23.4 Å². The largest absolute Gasteiger partial charge is 0.322 e. The van der Waals surface area contributed by atoms with Crippen LogP contribution in [0.3, 0.4) is 0 Å². The maximum Gasteiger partial charge on any atom is 0.269 e. The predicted molar refractivity (Wildman–Crippen MR) is 110 cm³/mol. The first-order valence-electron chi connectivity index (χ1n) is 9.01. The summed E-state index contributed by atoms with van der Waals surface area (Å²) in [5.41, 5.74) is 2.14. The Morgan fingerprint density at radius 1 is 0.933 bits per heavy atom. The summed E-state index contributed by atoms with van der Waals surface area (Å²) < 4.78 is 0. The number of anilines is 2. The number of aryl methyl sites for hydroxylation is 1. The molecule has 0 aromatic heterocycles. The minimum Gasteiger partial charge on any atom is -0.322 e. The molecule has 3 aromatic carbocycles. The van der Waals surface area contributed by atoms with Crippen molar-refractivity contribution in [2.75, 3.05) is 10.2 Å². The monoisotopic (exact) mass is 401 g/mol. The smallest absolute Gasteiger partial charge is 0.269 e. The summed E-state index contributed by atoms with van der Waals surface area (Å²) in [5.74, 6) is -1.43. The number of nitrogens with one attached hydrogen (secondary N) is 1. The zero-order valence-electron chi connectivity index (χ0n) is 15.8. The Balaban J connectivity index is 1.60. The van der Waals surface area contributed by atoms with Crippen LogP contribution in [0.2, 0.25) is 0 Å². The van der Waals surface area contributed by atoms with Crippen molar-refractivity contribution in [2.45, 2.75) is 6.92 Å². The number of rotatable bonds is 4. The minimum atomic E-state index is -0.533. The van der Waals surface area contributed by atoms with E-state index in [1.54, 1.807) is 12.1 Å². The molecule has 1 N–H and O–H groups in total. The standard InChI is InChI=1S/C22H15N3O5/c1-13-4-2-3-5-19(13)24-21(27)17-11-6-14(12-18(17)22(24)28)20(26)23-15-7-9-16(10-8-15)25(29)30/h2-12H,1H3,(H,23,26). The molecule has 1 heterocycles. The zero-order valence-corrected chi connectivity index (χ0v) is 15.8. The average Bonchev–Trinajstić information content (AvgIpc) is 2.98. The average molecular weight is 401 g/mol. The van der Waals surface area contributed by atoms with Gasteiger partial charge in [0.2, 0.25) is 0 Å². The fourth-order valence-electron chi connectivity index (χ4n) is 3.28. The summed E-state index contributed by atoms with van der Waals surface area (Å²) >= 11 is 0. The van der Waals surface area contributed by atoms with Gasteiger partial charge in [-0.15, -0.1) is 0 Å². The maximum absolute atomic E-state index is 12.9. The van der Waals surface area contributed by atoms with E-state index in [1.807, 2.05) is 19.1 Å². The van der Waals surface area contributed by atoms with Crippen LogP contribution in [-0.2, 0) is 0 Å². The number of benzene rings is 3. The Kier molecular flexibility index (Phi) is 4.59. The van der Waals surface area contributed by atoms with Crippen molar-refractivity contribution in [3.8, 4) is 0 Å². The normalized spacial score (nSPS) is 12.6. The molecular formula is C22H15N3O5. The third-order valence-electron chi connectivity index (χ3n) is 4.84. The van der Waals surface area contributed by atoms with Gasteiger partial charge in [-0.1, -0.05) is 18.2 Å². The Hall–Kier alpha value is -4.33. The lowest BCUT2D eigenvalue weighted by atomic mass is 10.1. The quantitative estimate of drug-likeness (QED) is 0.404. The van der Waals surface area contributed by atoms with Gasteiger partial charge in [0.1, 0.15) is 0 Å². The van der Waals surface area contributed by atoms with Crippen LogP contribution in [0, 0.1) is 17.0 Å². The topological polar surface area (TPSA) is 110 Å². The molecule has 0 bridgehead atoms. The molecule has 3 aromatic rings. The van der Waals surface area contributed by atoms with Crippen LogP contribution in [0.5, 0.6) is 0 Å². The van der Waals surface area contributed by atoms with Crippen molar-refractivity contribution >= 4 is 34.8 Å². The van der Waals surface area contributed by atoms with Crippen LogP contribution >= 0.6 is 0 Å². The van der Waals surface area contributed by atoms with Crippen molar-refractivity contribution in [1.82, 2.24) is 0 Å². The molecule has 0 aliphatic carbocycles. The third kappa shape index (κ3) is 3.20. The zero-order chi connectivity index (χ0) is 21.4. The highest BCUT2D eigenvalue weighted by Gasteiger charge is 2.37. The highest BCUT2D eigenvalue weighted by atomic mass is 16.6. The minimum absolute atomic E-state index is 0.0917. The molecule has 0 fully saturated rings. The van der Waals surface area contributed by atoms with Crippen LogP contribution in [0.25, 0.3) is 0 Å². The van der Waals surface area contributed by atoms with E-state index < -0.39 is 22.6 Å². The SMILES string of the molecule is Cc1ccccc1N1C(=O)c2ccc(C(=O)Nc3ccc([N+](=O)[O-])cc3)cc2C1=O. The molecule has 148 valence electrons. The lowest BCUT2D eigenvalue weighted by Gasteiger charge is -2.16. The van der Waals surface area contributed by atoms with Crippen LogP contribution < -0.4 is 10.2 Å². The second kappa shape index (κ2) is 7.25. The molecule has 8 nitrogen and oxygen atoms in total. The number of imide groups is 1. The van der Waals surface area contributed by atoms with Crippen LogP contribution in [0.4, 0.5) is 17.1 Å². The fourth-order valence-corrected chi connectivity index (χ4v) is 3.28. The molecule has 8 heteroatoms. The van der Waals surface area contributed by atoms with E-state index in [0.29, 0.717) is 11.4 Å². The number of para-hydroxylation sites is 1. The number of carbonyl (C=O) groups is 3. The van der Waals surface area contributed by atoms with E-state index in [2.05, 4.69) is 5.32 Å². The van der Waals surface area contributed by atoms with Crippen LogP contribution in [0.1, 0.15) is 36.6 Å². The van der Waals surface area contributed by atoms with Crippen molar-refractivity contribution in [3.05, 3.63) is 99.1 Å². The molecule has 1 aliphatic rings. The molecule has 0 saturated heterocycles. The first-order valence-corrected chi connectivity index (χ1v) is 9.01. The van der Waals surface area contributed by atoms with Crippen LogP contribution in [0.15, 0.2) is 66.7 Å². The first-order chi connectivity index (χ1) is 14.4. The Morgan fingerprint density at radius 3 is 2.27 bits per heavy atom. The lowest BCUT2D eigenvalue weighted by Crippen LogP contribution is -2.29. The summed E-state index contributed by atoms with van der Waals surface area (Å²) in [6, 6.07) is 16.8. The second-order valence-corrected chi connectivity index (χ2v) is 6.75. The molecule has 0 spiro atoms. The third-order valence-corrected chi connectivity index (χ3v) is 4.84. The molecule has 0 radical (unpaired) electrons. The van der Waals surface area contributed by atoms with Gasteiger partial charge in [-0.05, 0) is 48.9 Å². The van der Waals surface area contributed by atoms with Gasteiger partial charge >= 0.3 is 0 Å². The molecule has 1 aliphatic heterocycles. The number of nitro benzene ring substituents is 1. The Labute approximate surface area is 170 Å².